The van der Waals surface area contributed by atoms with Crippen LogP contribution < -0.4 is 14.8 Å². The van der Waals surface area contributed by atoms with Gasteiger partial charge in [0.1, 0.15) is 0 Å². The van der Waals surface area contributed by atoms with Crippen LogP contribution in [-0.4, -0.2) is 18.5 Å². The van der Waals surface area contributed by atoms with Crippen molar-refractivity contribution in [2.45, 2.75) is 59.3 Å². The fourth-order valence-corrected chi connectivity index (χ4v) is 3.44. The van der Waals surface area contributed by atoms with E-state index in [-0.39, 0.29) is 23.9 Å². The van der Waals surface area contributed by atoms with Crippen LogP contribution in [0.25, 0.3) is 0 Å². The molecule has 1 N–H and O–H groups in total. The summed E-state index contributed by atoms with van der Waals surface area (Å²) in [4.78, 5) is 23.2. The number of ether oxygens (including phenoxy) is 2. The lowest BCUT2D eigenvalue weighted by atomic mass is 9.94. The number of hydrogen-bond acceptors (Lipinski definition) is 4. The van der Waals surface area contributed by atoms with Crippen LogP contribution in [0.15, 0.2) is 72.5 Å². The predicted molar refractivity (Wildman–Crippen MR) is 133 cm³/mol. The van der Waals surface area contributed by atoms with E-state index in [2.05, 4.69) is 5.32 Å². The molecular formula is C28H35NO4. The number of allylic oxidation sites excluding steroid dienone is 3. The molecule has 0 radical (unpaired) electrons. The fourth-order valence-electron chi connectivity index (χ4n) is 3.44. The monoisotopic (exact) mass is 449 g/mol. The molecule has 0 spiro atoms. The number of carbonyl (C=O) groups is 2. The first kappa shape index (κ1) is 25.9. The summed E-state index contributed by atoms with van der Waals surface area (Å²) in [7, 11) is 0. The van der Waals surface area contributed by atoms with Crippen molar-refractivity contribution in [3.05, 3.63) is 83.6 Å². The van der Waals surface area contributed by atoms with E-state index in [4.69, 9.17) is 9.47 Å². The van der Waals surface area contributed by atoms with Crippen molar-refractivity contribution >= 4 is 11.7 Å². The number of fused-ring (bicyclic) bond motifs is 1. The van der Waals surface area contributed by atoms with Crippen LogP contribution in [0.4, 0.5) is 0 Å². The van der Waals surface area contributed by atoms with Crippen molar-refractivity contribution in [3.63, 3.8) is 0 Å². The number of benzene rings is 2. The highest BCUT2D eigenvalue weighted by Gasteiger charge is 2.51. The second-order valence-corrected chi connectivity index (χ2v) is 7.35. The molecule has 0 aromatic heterocycles. The molecule has 3 aliphatic rings. The van der Waals surface area contributed by atoms with Crippen molar-refractivity contribution in [1.29, 1.82) is 0 Å². The smallest absolute Gasteiger partial charge is 0.234 e. The molecular weight excluding hydrogens is 414 g/mol. The predicted octanol–water partition coefficient (Wildman–Crippen LogP) is 6.35. The number of ketones is 1. The number of carbonyl (C=O) groups excluding carboxylic acids is 2. The van der Waals surface area contributed by atoms with Crippen molar-refractivity contribution in [3.8, 4) is 11.5 Å². The molecule has 1 heterocycles. The van der Waals surface area contributed by atoms with E-state index in [0.29, 0.717) is 0 Å². The summed E-state index contributed by atoms with van der Waals surface area (Å²) in [6.45, 7) is 9.83. The topological polar surface area (TPSA) is 64.6 Å². The third-order valence-corrected chi connectivity index (χ3v) is 5.34. The third kappa shape index (κ3) is 6.58. The van der Waals surface area contributed by atoms with E-state index in [0.717, 1.165) is 47.6 Å². The summed E-state index contributed by atoms with van der Waals surface area (Å²) in [5.74, 6) is 1.71. The van der Waals surface area contributed by atoms with Crippen LogP contribution in [0.1, 0.15) is 69.8 Å². The minimum Gasteiger partial charge on any atom is -0.454 e. The molecule has 0 unspecified atom stereocenters. The molecule has 0 atom stereocenters. The standard InChI is InChI=1S/C16H15NO3.C8H8O.2C2H6/c18-15(17-12-3-1-2-4-12)16(7-8-16)11-5-6-13-14(9-11)20-10-19-13;1-7(9)8-5-3-2-4-6-8;2*1-2/h1-3,5-6,9H,4,7-8,10H2,(H,17,18);2-6H,1H3;2*1-2H3. The van der Waals surface area contributed by atoms with Gasteiger partial charge in [0.2, 0.25) is 12.7 Å². The Morgan fingerprint density at radius 2 is 1.58 bits per heavy atom. The van der Waals surface area contributed by atoms with Crippen LogP contribution in [0, 0.1) is 0 Å². The molecule has 2 aliphatic carbocycles. The molecule has 1 saturated carbocycles. The molecule has 2 aromatic carbocycles. The molecule has 0 saturated heterocycles. The summed E-state index contributed by atoms with van der Waals surface area (Å²) >= 11 is 0. The maximum absolute atomic E-state index is 12.5. The van der Waals surface area contributed by atoms with Gasteiger partial charge in [0.15, 0.2) is 17.3 Å². The van der Waals surface area contributed by atoms with Crippen LogP contribution in [0.2, 0.25) is 0 Å². The summed E-state index contributed by atoms with van der Waals surface area (Å²) in [5.41, 5.74) is 2.38. The Morgan fingerprint density at radius 3 is 2.12 bits per heavy atom. The van der Waals surface area contributed by atoms with Gasteiger partial charge < -0.3 is 14.8 Å². The third-order valence-electron chi connectivity index (χ3n) is 5.34. The number of Topliss-reactive ketones (excluding diaryl/α,β-unsaturated/α-hetero) is 1. The van der Waals surface area contributed by atoms with Gasteiger partial charge in [-0.05, 0) is 43.5 Å². The lowest BCUT2D eigenvalue weighted by Gasteiger charge is -2.16. The summed E-state index contributed by atoms with van der Waals surface area (Å²) < 4.78 is 10.7. The highest BCUT2D eigenvalue weighted by Crippen LogP contribution is 2.50. The Labute approximate surface area is 197 Å². The second kappa shape index (κ2) is 12.6. The quantitative estimate of drug-likeness (QED) is 0.553. The lowest BCUT2D eigenvalue weighted by Crippen LogP contribution is -2.33. The minimum atomic E-state index is -0.385. The van der Waals surface area contributed by atoms with Gasteiger partial charge >= 0.3 is 0 Å². The molecule has 1 amide bonds. The first-order valence-corrected chi connectivity index (χ1v) is 11.7. The maximum atomic E-state index is 12.5. The molecule has 176 valence electrons. The number of rotatable bonds is 4. The zero-order valence-corrected chi connectivity index (χ0v) is 20.3. The van der Waals surface area contributed by atoms with Gasteiger partial charge in [-0.3, -0.25) is 9.59 Å². The minimum absolute atomic E-state index is 0.0892. The first-order chi connectivity index (χ1) is 16.1. The lowest BCUT2D eigenvalue weighted by molar-refractivity contribution is -0.122. The molecule has 1 fully saturated rings. The van der Waals surface area contributed by atoms with E-state index in [1.54, 1.807) is 6.92 Å². The number of hydrogen-bond donors (Lipinski definition) is 1. The summed E-state index contributed by atoms with van der Waals surface area (Å²) in [5, 5.41) is 3.04. The molecule has 1 aliphatic heterocycles. The molecule has 5 nitrogen and oxygen atoms in total. The van der Waals surface area contributed by atoms with Crippen LogP contribution in [0.3, 0.4) is 0 Å². The van der Waals surface area contributed by atoms with Gasteiger partial charge in [-0.2, -0.15) is 0 Å². The highest BCUT2D eigenvalue weighted by molar-refractivity contribution is 5.94. The van der Waals surface area contributed by atoms with E-state index >= 15 is 0 Å². The zero-order chi connectivity index (χ0) is 24.3. The molecule has 5 heteroatoms. The van der Waals surface area contributed by atoms with Crippen molar-refractivity contribution in [1.82, 2.24) is 5.32 Å². The van der Waals surface area contributed by atoms with Gasteiger partial charge in [-0.1, -0.05) is 76.2 Å². The maximum Gasteiger partial charge on any atom is 0.234 e. The van der Waals surface area contributed by atoms with Gasteiger partial charge in [0.25, 0.3) is 0 Å². The van der Waals surface area contributed by atoms with E-state index in [9.17, 15) is 9.59 Å². The Morgan fingerprint density at radius 1 is 0.909 bits per heavy atom. The van der Waals surface area contributed by atoms with Crippen LogP contribution >= 0.6 is 0 Å². The van der Waals surface area contributed by atoms with E-state index < -0.39 is 0 Å². The Balaban J connectivity index is 0.000000250. The highest BCUT2D eigenvalue weighted by atomic mass is 16.7. The van der Waals surface area contributed by atoms with Crippen LogP contribution in [0.5, 0.6) is 11.5 Å². The molecule has 2 aromatic rings. The first-order valence-electron chi connectivity index (χ1n) is 11.7. The fraction of sp³-hybridized carbons (Fsp3) is 0.357. The van der Waals surface area contributed by atoms with Crippen molar-refractivity contribution < 1.29 is 19.1 Å². The zero-order valence-electron chi connectivity index (χ0n) is 20.3. The van der Waals surface area contributed by atoms with Crippen molar-refractivity contribution in [2.75, 3.05) is 6.79 Å². The average Bonchev–Trinajstić information content (AvgIpc) is 3.27. The number of nitrogens with one attached hydrogen (secondary N) is 1. The average molecular weight is 450 g/mol. The van der Waals surface area contributed by atoms with Gasteiger partial charge in [-0.15, -0.1) is 0 Å². The molecule has 5 rings (SSSR count). The Kier molecular flexibility index (Phi) is 9.92. The largest absolute Gasteiger partial charge is 0.454 e. The van der Waals surface area contributed by atoms with E-state index in [1.807, 2.05) is 94.5 Å². The molecule has 33 heavy (non-hydrogen) atoms. The Bertz CT molecular complexity index is 988. The summed E-state index contributed by atoms with van der Waals surface area (Å²) in [6.07, 6.45) is 8.54. The second-order valence-electron chi connectivity index (χ2n) is 7.35. The normalized spacial score (nSPS) is 15.4. The van der Waals surface area contributed by atoms with Gasteiger partial charge in [-0.25, -0.2) is 0 Å². The summed E-state index contributed by atoms with van der Waals surface area (Å²) in [6, 6.07) is 15.0. The van der Waals surface area contributed by atoms with E-state index in [1.165, 1.54) is 0 Å². The van der Waals surface area contributed by atoms with Gasteiger partial charge in [0, 0.05) is 17.7 Å². The van der Waals surface area contributed by atoms with Crippen molar-refractivity contribution in [2.24, 2.45) is 0 Å². The van der Waals surface area contributed by atoms with Gasteiger partial charge in [0.05, 0.1) is 5.41 Å². The molecule has 0 bridgehead atoms. The van der Waals surface area contributed by atoms with Crippen LogP contribution in [-0.2, 0) is 10.2 Å². The Hall–Kier alpha value is -3.34. The SMILES string of the molecule is CC.CC.CC(=O)c1ccccc1.O=C(NC1=CC=CC1)C1(c2ccc3c(c2)OCO3)CC1. The number of amides is 1.